The maximum Gasteiger partial charge on any atom is 0.338 e. The number of thiazole rings is 1. The topological polar surface area (TPSA) is 147 Å². The molecule has 0 saturated carbocycles. The second kappa shape index (κ2) is 9.66. The molecule has 3 aromatic rings. The second-order valence-corrected chi connectivity index (χ2v) is 8.93. The maximum atomic E-state index is 13.6. The largest absolute Gasteiger partial charge is 0.463 e. The molecule has 1 aliphatic heterocycles. The zero-order valence-corrected chi connectivity index (χ0v) is 20.3. The lowest BCUT2D eigenvalue weighted by atomic mass is 9.94. The molecule has 1 aromatic heterocycles. The number of aromatic nitrogens is 1. The van der Waals surface area contributed by atoms with Crippen molar-refractivity contribution < 1.29 is 19.4 Å². The van der Waals surface area contributed by atoms with Crippen LogP contribution in [0.25, 0.3) is 6.08 Å². The molecule has 0 fully saturated rings. The summed E-state index contributed by atoms with van der Waals surface area (Å²) in [6, 6.07) is 9.46. The molecule has 0 bridgehead atoms. The standard InChI is InChI=1S/C24H20N4O7S/c1-4-35-23(30)20-14(3)25-24-26(21(20)16-10-9-13(2)18(11-16)28(33)34)22(29)19(36-24)12-15-7-5-6-8-17(15)27(31)32/h5-12,21H,4H2,1-3H3/b19-12+/t21-/m1/s1. The number of ether oxygens (including phenoxy) is 1. The van der Waals surface area contributed by atoms with Crippen molar-refractivity contribution in [3.8, 4) is 0 Å². The van der Waals surface area contributed by atoms with Crippen LogP contribution in [0.1, 0.15) is 36.6 Å². The number of para-hydroxylation sites is 1. The van der Waals surface area contributed by atoms with Gasteiger partial charge in [-0.3, -0.25) is 29.6 Å². The van der Waals surface area contributed by atoms with E-state index in [9.17, 15) is 29.8 Å². The number of benzene rings is 2. The number of nitro groups is 2. The number of hydrogen-bond donors (Lipinski definition) is 0. The van der Waals surface area contributed by atoms with Crippen molar-refractivity contribution in [1.29, 1.82) is 0 Å². The van der Waals surface area contributed by atoms with Gasteiger partial charge in [-0.15, -0.1) is 0 Å². The van der Waals surface area contributed by atoms with Crippen LogP contribution >= 0.6 is 11.3 Å². The lowest BCUT2D eigenvalue weighted by Gasteiger charge is -2.24. The maximum absolute atomic E-state index is 13.6. The molecule has 1 atom stereocenters. The van der Waals surface area contributed by atoms with Crippen molar-refractivity contribution in [2.24, 2.45) is 4.99 Å². The number of carbonyl (C=O) groups excluding carboxylic acids is 1. The Balaban J connectivity index is 2.01. The minimum Gasteiger partial charge on any atom is -0.463 e. The summed E-state index contributed by atoms with van der Waals surface area (Å²) < 4.78 is 6.66. The van der Waals surface area contributed by atoms with Gasteiger partial charge in [0, 0.05) is 17.7 Å². The van der Waals surface area contributed by atoms with Crippen LogP contribution in [0.5, 0.6) is 0 Å². The molecule has 2 aromatic carbocycles. The average Bonchev–Trinajstić information content (AvgIpc) is 3.13. The van der Waals surface area contributed by atoms with Crippen molar-refractivity contribution >= 4 is 34.8 Å². The first-order valence-electron chi connectivity index (χ1n) is 10.8. The molecule has 0 radical (unpaired) electrons. The molecule has 1 aliphatic rings. The molecule has 0 saturated heterocycles. The number of aryl methyl sites for hydroxylation is 1. The van der Waals surface area contributed by atoms with E-state index in [0.29, 0.717) is 16.8 Å². The summed E-state index contributed by atoms with van der Waals surface area (Å²) in [6.07, 6.45) is 1.40. The van der Waals surface area contributed by atoms with Gasteiger partial charge in [-0.2, -0.15) is 0 Å². The Bertz CT molecular complexity index is 1630. The predicted molar refractivity (Wildman–Crippen MR) is 131 cm³/mol. The van der Waals surface area contributed by atoms with Gasteiger partial charge in [-0.1, -0.05) is 35.6 Å². The molecule has 0 N–H and O–H groups in total. The highest BCUT2D eigenvalue weighted by molar-refractivity contribution is 7.07. The zero-order chi connectivity index (χ0) is 26.1. The molecular formula is C24H20N4O7S. The number of nitrogens with zero attached hydrogens (tertiary/aromatic N) is 4. The molecule has 12 heteroatoms. The second-order valence-electron chi connectivity index (χ2n) is 7.92. The Hall–Kier alpha value is -4.45. The van der Waals surface area contributed by atoms with E-state index in [1.165, 1.54) is 34.9 Å². The van der Waals surface area contributed by atoms with Gasteiger partial charge < -0.3 is 4.74 Å². The smallest absolute Gasteiger partial charge is 0.338 e. The summed E-state index contributed by atoms with van der Waals surface area (Å²) in [4.78, 5) is 53.2. The van der Waals surface area contributed by atoms with E-state index in [0.717, 1.165) is 11.3 Å². The van der Waals surface area contributed by atoms with E-state index in [-0.39, 0.29) is 38.5 Å². The van der Waals surface area contributed by atoms with Crippen LogP contribution in [0.15, 0.2) is 63.5 Å². The molecule has 2 heterocycles. The lowest BCUT2D eigenvalue weighted by molar-refractivity contribution is -0.385. The summed E-state index contributed by atoms with van der Waals surface area (Å²) in [5, 5.41) is 23.0. The van der Waals surface area contributed by atoms with Gasteiger partial charge in [-0.05, 0) is 38.5 Å². The molecule has 0 spiro atoms. The number of esters is 1. The lowest BCUT2D eigenvalue weighted by Crippen LogP contribution is -2.40. The normalized spacial score (nSPS) is 15.3. The molecule has 0 unspecified atom stereocenters. The molecule has 0 aliphatic carbocycles. The van der Waals surface area contributed by atoms with Crippen LogP contribution in [-0.4, -0.2) is 27.0 Å². The molecule has 184 valence electrons. The Morgan fingerprint density at radius 1 is 1.14 bits per heavy atom. The van der Waals surface area contributed by atoms with Crippen LogP contribution in [0.2, 0.25) is 0 Å². The zero-order valence-electron chi connectivity index (χ0n) is 19.5. The van der Waals surface area contributed by atoms with Crippen LogP contribution < -0.4 is 14.9 Å². The van der Waals surface area contributed by atoms with Crippen molar-refractivity contribution in [3.63, 3.8) is 0 Å². The van der Waals surface area contributed by atoms with E-state index in [1.807, 2.05) is 0 Å². The first kappa shape index (κ1) is 24.7. The van der Waals surface area contributed by atoms with E-state index >= 15 is 0 Å². The highest BCUT2D eigenvalue weighted by atomic mass is 32.1. The van der Waals surface area contributed by atoms with E-state index in [4.69, 9.17) is 4.74 Å². The first-order chi connectivity index (χ1) is 17.1. The van der Waals surface area contributed by atoms with Crippen LogP contribution in [0, 0.1) is 27.2 Å². The molecule has 36 heavy (non-hydrogen) atoms. The van der Waals surface area contributed by atoms with Crippen molar-refractivity contribution in [3.05, 3.63) is 110 Å². The summed E-state index contributed by atoms with van der Waals surface area (Å²) in [5.41, 5.74) is 0.509. The number of carbonyl (C=O) groups is 1. The number of hydrogen-bond acceptors (Lipinski definition) is 9. The number of nitro benzene ring substituents is 2. The highest BCUT2D eigenvalue weighted by Crippen LogP contribution is 2.33. The number of rotatable bonds is 6. The fourth-order valence-electron chi connectivity index (χ4n) is 4.02. The Morgan fingerprint density at radius 3 is 2.50 bits per heavy atom. The van der Waals surface area contributed by atoms with Gasteiger partial charge in [0.15, 0.2) is 4.80 Å². The SMILES string of the molecule is CCOC(=O)C1=C(C)N=c2s/c(=C/c3ccccc3[N+](=O)[O-])c(=O)n2[C@@H]1c1ccc(C)c([N+](=O)[O-])c1. The third kappa shape index (κ3) is 4.33. The fourth-order valence-corrected chi connectivity index (χ4v) is 5.05. The van der Waals surface area contributed by atoms with Crippen LogP contribution in [0.3, 0.4) is 0 Å². The van der Waals surface area contributed by atoms with E-state index < -0.39 is 27.4 Å². The highest BCUT2D eigenvalue weighted by Gasteiger charge is 2.34. The third-order valence-corrected chi connectivity index (χ3v) is 6.67. The summed E-state index contributed by atoms with van der Waals surface area (Å²) >= 11 is 1.01. The van der Waals surface area contributed by atoms with Crippen LogP contribution in [-0.2, 0) is 9.53 Å². The van der Waals surface area contributed by atoms with E-state index in [2.05, 4.69) is 4.99 Å². The van der Waals surface area contributed by atoms with E-state index in [1.54, 1.807) is 39.0 Å². The first-order valence-corrected chi connectivity index (χ1v) is 11.6. The summed E-state index contributed by atoms with van der Waals surface area (Å²) in [5.74, 6) is -0.694. The monoisotopic (exact) mass is 508 g/mol. The van der Waals surface area contributed by atoms with Gasteiger partial charge in [0.1, 0.15) is 0 Å². The predicted octanol–water partition coefficient (Wildman–Crippen LogP) is 2.92. The van der Waals surface area contributed by atoms with Gasteiger partial charge >= 0.3 is 5.97 Å². The van der Waals surface area contributed by atoms with Gasteiger partial charge in [0.2, 0.25) is 0 Å². The molecule has 11 nitrogen and oxygen atoms in total. The summed E-state index contributed by atoms with van der Waals surface area (Å²) in [7, 11) is 0. The summed E-state index contributed by atoms with van der Waals surface area (Å²) in [6.45, 7) is 4.91. The fraction of sp³-hybridized carbons (Fsp3) is 0.208. The molecule has 4 rings (SSSR count). The van der Waals surface area contributed by atoms with Crippen molar-refractivity contribution in [2.45, 2.75) is 26.8 Å². The average molecular weight is 509 g/mol. The van der Waals surface area contributed by atoms with Crippen LogP contribution in [0.4, 0.5) is 11.4 Å². The Morgan fingerprint density at radius 2 is 1.83 bits per heavy atom. The Kier molecular flexibility index (Phi) is 6.62. The quantitative estimate of drug-likeness (QED) is 0.282. The number of allylic oxidation sites excluding steroid dienone is 1. The molecular weight excluding hydrogens is 488 g/mol. The number of fused-ring (bicyclic) bond motifs is 1. The molecule has 0 amide bonds. The van der Waals surface area contributed by atoms with Gasteiger partial charge in [0.05, 0.1) is 43.9 Å². The van der Waals surface area contributed by atoms with Crippen molar-refractivity contribution in [2.75, 3.05) is 6.61 Å². The minimum atomic E-state index is -1.03. The van der Waals surface area contributed by atoms with Crippen molar-refractivity contribution in [1.82, 2.24) is 4.57 Å². The minimum absolute atomic E-state index is 0.0818. The Labute approximate surface area is 207 Å². The third-order valence-electron chi connectivity index (χ3n) is 5.68. The van der Waals surface area contributed by atoms with Gasteiger partial charge in [-0.25, -0.2) is 9.79 Å². The van der Waals surface area contributed by atoms with Gasteiger partial charge in [0.25, 0.3) is 16.9 Å².